The second-order valence-electron chi connectivity index (χ2n) is 5.61. The zero-order chi connectivity index (χ0) is 14.1. The number of carbonyl (C=O) groups is 2. The first-order chi connectivity index (χ1) is 8.16. The Hall–Kier alpha value is -1.51. The standard InChI is InChI=1S/C15H19FO2/c1-9-7-6-8-10(2)11(9)13(17)12(16)14(18)15(3,4)5/h6-8,12H,1-5H3. The first-order valence-corrected chi connectivity index (χ1v) is 5.95. The van der Waals surface area contributed by atoms with Gasteiger partial charge in [-0.25, -0.2) is 4.39 Å². The van der Waals surface area contributed by atoms with Crippen LogP contribution < -0.4 is 0 Å². The fourth-order valence-electron chi connectivity index (χ4n) is 1.83. The summed E-state index contributed by atoms with van der Waals surface area (Å²) in [5.74, 6) is -1.40. The highest BCUT2D eigenvalue weighted by atomic mass is 19.1. The van der Waals surface area contributed by atoms with Crippen LogP contribution in [0.15, 0.2) is 18.2 Å². The van der Waals surface area contributed by atoms with E-state index < -0.39 is 23.2 Å². The van der Waals surface area contributed by atoms with Crippen molar-refractivity contribution in [3.8, 4) is 0 Å². The van der Waals surface area contributed by atoms with Gasteiger partial charge in [-0.1, -0.05) is 39.0 Å². The third-order valence-corrected chi connectivity index (χ3v) is 2.93. The molecule has 1 unspecified atom stereocenters. The van der Waals surface area contributed by atoms with Crippen molar-refractivity contribution in [3.63, 3.8) is 0 Å². The van der Waals surface area contributed by atoms with Gasteiger partial charge in [0.1, 0.15) is 0 Å². The van der Waals surface area contributed by atoms with E-state index >= 15 is 0 Å². The number of halogens is 1. The Morgan fingerprint density at radius 3 is 1.94 bits per heavy atom. The predicted octanol–water partition coefficient (Wildman–Crippen LogP) is 3.44. The van der Waals surface area contributed by atoms with E-state index in [2.05, 4.69) is 0 Å². The van der Waals surface area contributed by atoms with E-state index in [0.717, 1.165) is 0 Å². The molecule has 18 heavy (non-hydrogen) atoms. The second kappa shape index (κ2) is 5.01. The third-order valence-electron chi connectivity index (χ3n) is 2.93. The van der Waals surface area contributed by atoms with Gasteiger partial charge in [0.15, 0.2) is 5.78 Å². The van der Waals surface area contributed by atoms with Crippen LogP contribution in [0.3, 0.4) is 0 Å². The van der Waals surface area contributed by atoms with Crippen LogP contribution in [-0.4, -0.2) is 17.7 Å². The van der Waals surface area contributed by atoms with E-state index in [-0.39, 0.29) is 0 Å². The van der Waals surface area contributed by atoms with Gasteiger partial charge in [0.05, 0.1) is 0 Å². The van der Waals surface area contributed by atoms with Crippen molar-refractivity contribution in [2.75, 3.05) is 0 Å². The summed E-state index contributed by atoms with van der Waals surface area (Å²) in [6.07, 6.45) is -2.08. The van der Waals surface area contributed by atoms with Crippen molar-refractivity contribution in [2.45, 2.75) is 40.8 Å². The quantitative estimate of drug-likeness (QED) is 0.608. The van der Waals surface area contributed by atoms with Gasteiger partial charge in [-0.2, -0.15) is 0 Å². The maximum absolute atomic E-state index is 14.0. The molecule has 0 bridgehead atoms. The normalized spacial score (nSPS) is 13.2. The molecule has 2 nitrogen and oxygen atoms in total. The number of carbonyl (C=O) groups excluding carboxylic acids is 2. The average Bonchev–Trinajstić information content (AvgIpc) is 2.25. The van der Waals surface area contributed by atoms with Gasteiger partial charge < -0.3 is 0 Å². The van der Waals surface area contributed by atoms with Gasteiger partial charge >= 0.3 is 0 Å². The predicted molar refractivity (Wildman–Crippen MR) is 69.6 cm³/mol. The molecular formula is C15H19FO2. The molecule has 1 aromatic carbocycles. The monoisotopic (exact) mass is 250 g/mol. The molecule has 0 aliphatic carbocycles. The Kier molecular flexibility index (Phi) is 4.05. The number of ketones is 2. The molecule has 0 N–H and O–H groups in total. The molecule has 0 saturated carbocycles. The van der Waals surface area contributed by atoms with Gasteiger partial charge in [-0.3, -0.25) is 9.59 Å². The van der Waals surface area contributed by atoms with Gasteiger partial charge in [0, 0.05) is 11.0 Å². The fraction of sp³-hybridized carbons (Fsp3) is 0.467. The minimum absolute atomic E-state index is 0.322. The molecule has 0 saturated heterocycles. The summed E-state index contributed by atoms with van der Waals surface area (Å²) in [6.45, 7) is 8.32. The van der Waals surface area contributed by atoms with Crippen molar-refractivity contribution < 1.29 is 14.0 Å². The Balaban J connectivity index is 3.13. The smallest absolute Gasteiger partial charge is 0.221 e. The van der Waals surface area contributed by atoms with Crippen molar-refractivity contribution in [3.05, 3.63) is 34.9 Å². The molecule has 1 atom stereocenters. The molecule has 0 aliphatic heterocycles. The van der Waals surface area contributed by atoms with Crippen LogP contribution >= 0.6 is 0 Å². The third kappa shape index (κ3) is 2.84. The van der Waals surface area contributed by atoms with Crippen molar-refractivity contribution >= 4 is 11.6 Å². The Bertz CT molecular complexity index is 464. The molecular weight excluding hydrogens is 231 g/mol. The lowest BCUT2D eigenvalue weighted by Gasteiger charge is -2.19. The summed E-state index contributed by atoms with van der Waals surface area (Å²) in [6, 6.07) is 5.29. The number of benzene rings is 1. The summed E-state index contributed by atoms with van der Waals surface area (Å²) in [5.41, 5.74) is 0.863. The van der Waals surface area contributed by atoms with E-state index in [1.807, 2.05) is 0 Å². The topological polar surface area (TPSA) is 34.1 Å². The molecule has 0 radical (unpaired) electrons. The summed E-state index contributed by atoms with van der Waals surface area (Å²) in [5, 5.41) is 0. The van der Waals surface area contributed by atoms with Crippen LogP contribution in [0, 0.1) is 19.3 Å². The minimum Gasteiger partial charge on any atom is -0.295 e. The number of aryl methyl sites for hydroxylation is 2. The maximum atomic E-state index is 14.0. The molecule has 0 heterocycles. The zero-order valence-electron chi connectivity index (χ0n) is 11.5. The first kappa shape index (κ1) is 14.6. The van der Waals surface area contributed by atoms with Crippen LogP contribution in [0.2, 0.25) is 0 Å². The van der Waals surface area contributed by atoms with Crippen molar-refractivity contribution in [1.82, 2.24) is 0 Å². The Morgan fingerprint density at radius 2 is 1.56 bits per heavy atom. The average molecular weight is 250 g/mol. The van der Waals surface area contributed by atoms with Crippen LogP contribution in [0.5, 0.6) is 0 Å². The van der Waals surface area contributed by atoms with Gasteiger partial charge in [-0.05, 0) is 25.0 Å². The van der Waals surface area contributed by atoms with Crippen LogP contribution in [0.25, 0.3) is 0 Å². The summed E-state index contributed by atoms with van der Waals surface area (Å²) in [7, 11) is 0. The number of Topliss-reactive ketones (excluding diaryl/α,β-unsaturated/α-hetero) is 2. The van der Waals surface area contributed by atoms with Gasteiger partial charge in [-0.15, -0.1) is 0 Å². The largest absolute Gasteiger partial charge is 0.295 e. The van der Waals surface area contributed by atoms with Crippen LogP contribution in [0.1, 0.15) is 42.3 Å². The lowest BCUT2D eigenvalue weighted by molar-refractivity contribution is -0.129. The lowest BCUT2D eigenvalue weighted by Crippen LogP contribution is -2.35. The molecule has 0 spiro atoms. The van der Waals surface area contributed by atoms with Crippen LogP contribution in [0.4, 0.5) is 4.39 Å². The van der Waals surface area contributed by atoms with Crippen molar-refractivity contribution in [2.24, 2.45) is 5.41 Å². The molecule has 0 aromatic heterocycles. The van der Waals surface area contributed by atoms with E-state index in [0.29, 0.717) is 16.7 Å². The molecule has 3 heteroatoms. The highest BCUT2D eigenvalue weighted by molar-refractivity contribution is 6.15. The number of hydrogen-bond acceptors (Lipinski definition) is 2. The molecule has 0 aliphatic rings. The van der Waals surface area contributed by atoms with E-state index in [1.54, 1.807) is 52.8 Å². The lowest BCUT2D eigenvalue weighted by atomic mass is 9.84. The van der Waals surface area contributed by atoms with Gasteiger partial charge in [0.2, 0.25) is 12.0 Å². The molecule has 1 aromatic rings. The van der Waals surface area contributed by atoms with Crippen LogP contribution in [-0.2, 0) is 4.79 Å². The van der Waals surface area contributed by atoms with Gasteiger partial charge in [0.25, 0.3) is 0 Å². The highest BCUT2D eigenvalue weighted by Gasteiger charge is 2.35. The molecule has 98 valence electrons. The van der Waals surface area contributed by atoms with E-state index in [1.165, 1.54) is 0 Å². The zero-order valence-corrected chi connectivity index (χ0v) is 11.5. The molecule has 0 fully saturated rings. The minimum atomic E-state index is -2.08. The number of rotatable bonds is 3. The SMILES string of the molecule is Cc1cccc(C)c1C(=O)C(F)C(=O)C(C)(C)C. The fourth-order valence-corrected chi connectivity index (χ4v) is 1.83. The second-order valence-corrected chi connectivity index (χ2v) is 5.61. The summed E-state index contributed by atoms with van der Waals surface area (Å²) in [4.78, 5) is 23.9. The summed E-state index contributed by atoms with van der Waals surface area (Å²) < 4.78 is 14.0. The Labute approximate surface area is 107 Å². The number of hydrogen-bond donors (Lipinski definition) is 0. The summed E-state index contributed by atoms with van der Waals surface area (Å²) >= 11 is 0. The molecule has 0 amide bonds. The first-order valence-electron chi connectivity index (χ1n) is 5.95. The van der Waals surface area contributed by atoms with Crippen molar-refractivity contribution in [1.29, 1.82) is 0 Å². The van der Waals surface area contributed by atoms with E-state index in [4.69, 9.17) is 0 Å². The maximum Gasteiger partial charge on any atom is 0.221 e. The van der Waals surface area contributed by atoms with E-state index in [9.17, 15) is 14.0 Å². The number of alkyl halides is 1. The highest BCUT2D eigenvalue weighted by Crippen LogP contribution is 2.23. The molecule has 1 rings (SSSR count). The Morgan fingerprint density at radius 1 is 1.11 bits per heavy atom.